The van der Waals surface area contributed by atoms with Crippen LogP contribution in [0.5, 0.6) is 0 Å². The van der Waals surface area contributed by atoms with E-state index in [0.717, 1.165) is 43.4 Å². The van der Waals surface area contributed by atoms with Gasteiger partial charge in [-0.2, -0.15) is 0 Å². The van der Waals surface area contributed by atoms with Crippen molar-refractivity contribution in [3.05, 3.63) is 56.7 Å². The van der Waals surface area contributed by atoms with Gasteiger partial charge in [-0.15, -0.1) is 0 Å². The van der Waals surface area contributed by atoms with Gasteiger partial charge in [0.2, 0.25) is 5.91 Å². The molecule has 2 aliphatic carbocycles. The molecule has 1 amide bonds. The number of carbonyl (C=O) groups excluding carboxylic acids is 1. The largest absolute Gasteiger partial charge is 0.351 e. The number of fused-ring (bicyclic) bond motifs is 1. The fourth-order valence-electron chi connectivity index (χ4n) is 6.27. The van der Waals surface area contributed by atoms with E-state index >= 15 is 0 Å². The Morgan fingerprint density at radius 1 is 0.951 bits per heavy atom. The molecule has 0 bridgehead atoms. The van der Waals surface area contributed by atoms with E-state index in [1.807, 2.05) is 43.3 Å². The molecule has 2 aromatic heterocycles. The van der Waals surface area contributed by atoms with Crippen molar-refractivity contribution in [3.63, 3.8) is 0 Å². The van der Waals surface area contributed by atoms with Gasteiger partial charge in [0.25, 0.3) is 5.56 Å². The maximum Gasteiger partial charge on any atom is 0.332 e. The van der Waals surface area contributed by atoms with Gasteiger partial charge in [0.15, 0.2) is 5.65 Å². The smallest absolute Gasteiger partial charge is 0.332 e. The lowest BCUT2D eigenvalue weighted by molar-refractivity contribution is -0.116. The minimum Gasteiger partial charge on any atom is -0.351 e. The van der Waals surface area contributed by atoms with Crippen molar-refractivity contribution >= 4 is 23.1 Å². The Kier molecular flexibility index (Phi) is 9.54. The third kappa shape index (κ3) is 7.25. The zero-order valence-electron chi connectivity index (χ0n) is 24.5. The van der Waals surface area contributed by atoms with Gasteiger partial charge >= 0.3 is 5.69 Å². The van der Waals surface area contributed by atoms with Crippen molar-refractivity contribution in [2.24, 2.45) is 11.8 Å². The van der Waals surface area contributed by atoms with Crippen LogP contribution < -0.4 is 16.6 Å². The Hall–Kier alpha value is -3.46. The first kappa shape index (κ1) is 29.0. The number of benzene rings is 1. The second kappa shape index (κ2) is 13.5. The van der Waals surface area contributed by atoms with E-state index in [4.69, 9.17) is 4.98 Å². The van der Waals surface area contributed by atoms with Gasteiger partial charge in [-0.25, -0.2) is 9.78 Å². The molecule has 2 saturated carbocycles. The summed E-state index contributed by atoms with van der Waals surface area (Å²) in [6, 6.07) is 7.68. The van der Waals surface area contributed by atoms with Gasteiger partial charge in [-0.3, -0.25) is 18.7 Å². The van der Waals surface area contributed by atoms with E-state index in [0.29, 0.717) is 48.5 Å². The molecule has 9 nitrogen and oxygen atoms in total. The number of likely N-dealkylation sites (N-methyl/N-ethyl adjacent to an activating group) is 1. The standard InChI is InChI=1S/C32H44N6O3/c1-36(2)20-19-33-27(39)18-15-23-13-16-26(17-14-23)29-34-28-30(35-29)37(21-24-9-5-3-6-10-24)32(41)38(31(28)40)22-25-11-7-4-8-12-25/h13-18,24-25H,3-12,19-22H2,1-2H3,(H,33,39)(H,34,35)/b18-15+. The number of nitrogens with zero attached hydrogens (tertiary/aromatic N) is 4. The molecule has 0 spiro atoms. The van der Waals surface area contributed by atoms with Crippen molar-refractivity contribution in [1.82, 2.24) is 29.3 Å². The van der Waals surface area contributed by atoms with E-state index in [1.54, 1.807) is 10.6 Å². The van der Waals surface area contributed by atoms with E-state index in [1.165, 1.54) is 49.2 Å². The molecule has 41 heavy (non-hydrogen) atoms. The molecule has 3 aromatic rings. The molecule has 0 saturated heterocycles. The minimum atomic E-state index is -0.269. The second-order valence-electron chi connectivity index (χ2n) is 12.2. The first-order valence-corrected chi connectivity index (χ1v) is 15.3. The quantitative estimate of drug-likeness (QED) is 0.358. The molecule has 2 fully saturated rings. The summed E-state index contributed by atoms with van der Waals surface area (Å²) >= 11 is 0. The monoisotopic (exact) mass is 560 g/mol. The summed E-state index contributed by atoms with van der Waals surface area (Å²) < 4.78 is 3.24. The molecular weight excluding hydrogens is 516 g/mol. The summed E-state index contributed by atoms with van der Waals surface area (Å²) in [5.74, 6) is 1.24. The number of nitrogens with one attached hydrogen (secondary N) is 2. The number of H-pyrrole nitrogens is 1. The first-order chi connectivity index (χ1) is 19.9. The van der Waals surface area contributed by atoms with E-state index in [9.17, 15) is 14.4 Å². The molecular formula is C32H44N6O3. The van der Waals surface area contributed by atoms with Crippen LogP contribution in [0.1, 0.15) is 69.8 Å². The lowest BCUT2D eigenvalue weighted by Gasteiger charge is -2.24. The van der Waals surface area contributed by atoms with Crippen molar-refractivity contribution in [1.29, 1.82) is 0 Å². The lowest BCUT2D eigenvalue weighted by Crippen LogP contribution is -2.42. The van der Waals surface area contributed by atoms with Crippen molar-refractivity contribution in [2.75, 3.05) is 27.2 Å². The summed E-state index contributed by atoms with van der Waals surface area (Å²) in [7, 11) is 3.93. The average Bonchev–Trinajstić information content (AvgIpc) is 3.43. The Labute approximate surface area is 241 Å². The molecule has 0 atom stereocenters. The molecule has 0 unspecified atom stereocenters. The summed E-state index contributed by atoms with van der Waals surface area (Å²) in [6.07, 6.45) is 14.9. The van der Waals surface area contributed by atoms with Gasteiger partial charge < -0.3 is 15.2 Å². The Morgan fingerprint density at radius 3 is 2.17 bits per heavy atom. The Morgan fingerprint density at radius 2 is 1.56 bits per heavy atom. The number of hydrogen-bond donors (Lipinski definition) is 2. The second-order valence-corrected chi connectivity index (χ2v) is 12.2. The predicted molar refractivity (Wildman–Crippen MR) is 164 cm³/mol. The fraction of sp³-hybridized carbons (Fsp3) is 0.562. The normalized spacial score (nSPS) is 17.1. The van der Waals surface area contributed by atoms with Gasteiger partial charge in [-0.05, 0) is 63.3 Å². The molecule has 2 N–H and O–H groups in total. The number of carbonyl (C=O) groups is 1. The highest BCUT2D eigenvalue weighted by atomic mass is 16.2. The highest BCUT2D eigenvalue weighted by Crippen LogP contribution is 2.27. The molecule has 9 heteroatoms. The van der Waals surface area contributed by atoms with Crippen LogP contribution >= 0.6 is 0 Å². The summed E-state index contributed by atoms with van der Waals surface area (Å²) in [6.45, 7) is 2.46. The summed E-state index contributed by atoms with van der Waals surface area (Å²) in [4.78, 5) is 49.6. The lowest BCUT2D eigenvalue weighted by atomic mass is 9.89. The molecule has 0 aliphatic heterocycles. The van der Waals surface area contributed by atoms with Gasteiger partial charge in [0.05, 0.1) is 0 Å². The van der Waals surface area contributed by atoms with Crippen LogP contribution in [-0.2, 0) is 17.9 Å². The third-order valence-electron chi connectivity index (χ3n) is 8.66. The number of aromatic nitrogens is 4. The Balaban J connectivity index is 1.42. The van der Waals surface area contributed by atoms with E-state index in [2.05, 4.69) is 10.3 Å². The topological polar surface area (TPSA) is 105 Å². The van der Waals surface area contributed by atoms with E-state index in [-0.39, 0.29) is 17.2 Å². The predicted octanol–water partition coefficient (Wildman–Crippen LogP) is 4.40. The summed E-state index contributed by atoms with van der Waals surface area (Å²) in [5, 5.41) is 2.87. The highest BCUT2D eigenvalue weighted by Gasteiger charge is 2.24. The maximum absolute atomic E-state index is 13.8. The fourth-order valence-corrected chi connectivity index (χ4v) is 6.27. The number of hydrogen-bond acceptors (Lipinski definition) is 5. The zero-order valence-corrected chi connectivity index (χ0v) is 24.5. The van der Waals surface area contributed by atoms with Gasteiger partial charge in [-0.1, -0.05) is 62.8 Å². The number of rotatable bonds is 10. The maximum atomic E-state index is 13.8. The van der Waals surface area contributed by atoms with Crippen LogP contribution in [0.15, 0.2) is 39.9 Å². The van der Waals surface area contributed by atoms with E-state index < -0.39 is 0 Å². The van der Waals surface area contributed by atoms with Crippen molar-refractivity contribution in [2.45, 2.75) is 77.3 Å². The number of amides is 1. The number of aromatic amines is 1. The van der Waals surface area contributed by atoms with Crippen molar-refractivity contribution < 1.29 is 4.79 Å². The van der Waals surface area contributed by atoms with Crippen LogP contribution in [0.2, 0.25) is 0 Å². The summed E-state index contributed by atoms with van der Waals surface area (Å²) in [5.41, 5.74) is 2.08. The molecule has 0 radical (unpaired) electrons. The van der Waals surface area contributed by atoms with Gasteiger partial charge in [0, 0.05) is 37.8 Å². The van der Waals surface area contributed by atoms with Crippen molar-refractivity contribution in [3.8, 4) is 11.4 Å². The third-order valence-corrected chi connectivity index (χ3v) is 8.66. The average molecular weight is 561 g/mol. The molecule has 2 aliphatic rings. The first-order valence-electron chi connectivity index (χ1n) is 15.3. The molecule has 1 aromatic carbocycles. The number of imidazole rings is 1. The van der Waals surface area contributed by atoms with Crippen LogP contribution in [0, 0.1) is 11.8 Å². The van der Waals surface area contributed by atoms with Gasteiger partial charge in [0.1, 0.15) is 11.3 Å². The van der Waals surface area contributed by atoms with Crippen LogP contribution in [-0.4, -0.2) is 57.1 Å². The van der Waals surface area contributed by atoms with Crippen LogP contribution in [0.4, 0.5) is 0 Å². The van der Waals surface area contributed by atoms with Crippen LogP contribution in [0.25, 0.3) is 28.6 Å². The molecule has 220 valence electrons. The zero-order chi connectivity index (χ0) is 28.8. The SMILES string of the molecule is CN(C)CCNC(=O)/C=C/c1ccc(-c2nc3c([nH]2)c(=O)n(CC2CCCCC2)c(=O)n3CC2CCCCC2)cc1. The highest BCUT2D eigenvalue weighted by molar-refractivity contribution is 5.91. The van der Waals surface area contributed by atoms with Crippen LogP contribution in [0.3, 0.4) is 0 Å². The molecule has 5 rings (SSSR count). The minimum absolute atomic E-state index is 0.131. The molecule has 2 heterocycles. The Bertz CT molecular complexity index is 1470.